The minimum atomic E-state index is -0.387. The van der Waals surface area contributed by atoms with Crippen molar-refractivity contribution in [2.24, 2.45) is 0 Å². The minimum absolute atomic E-state index is 0.228. The zero-order valence-corrected chi connectivity index (χ0v) is 15.4. The molecule has 0 radical (unpaired) electrons. The average Bonchev–Trinajstić information content (AvgIpc) is 3.12. The van der Waals surface area contributed by atoms with E-state index in [0.717, 1.165) is 30.0 Å². The highest BCUT2D eigenvalue weighted by atomic mass is 16.7. The molecule has 0 bridgehead atoms. The van der Waals surface area contributed by atoms with Gasteiger partial charge in [0.25, 0.3) is 0 Å². The standard InChI is InChI=1S/C18H28BNO4/c1-17(2)18(3,4)24-19(23-17)14-10-15(20-8-6-7-9-20)12-16(11-14)22-13-21-5/h10-12H,6-9,13H2,1-5H3. The number of methoxy groups -OCH3 is 1. The van der Waals surface area contributed by atoms with E-state index < -0.39 is 0 Å². The van der Waals surface area contributed by atoms with Crippen LogP contribution in [0.5, 0.6) is 5.75 Å². The molecule has 132 valence electrons. The number of benzene rings is 1. The van der Waals surface area contributed by atoms with Gasteiger partial charge in [0.2, 0.25) is 0 Å². The molecule has 0 atom stereocenters. The lowest BCUT2D eigenvalue weighted by molar-refractivity contribution is 0.00578. The van der Waals surface area contributed by atoms with Crippen LogP contribution in [0.1, 0.15) is 40.5 Å². The van der Waals surface area contributed by atoms with Crippen molar-refractivity contribution >= 4 is 18.3 Å². The minimum Gasteiger partial charge on any atom is -0.468 e. The Labute approximate surface area is 145 Å². The molecule has 3 rings (SSSR count). The van der Waals surface area contributed by atoms with E-state index >= 15 is 0 Å². The molecule has 1 aromatic rings. The SMILES string of the molecule is COCOc1cc(B2OC(C)(C)C(C)(C)O2)cc(N2CCCC2)c1. The van der Waals surface area contributed by atoms with Gasteiger partial charge in [-0.25, -0.2) is 0 Å². The van der Waals surface area contributed by atoms with Gasteiger partial charge in [0.1, 0.15) is 5.75 Å². The Bertz CT molecular complexity index is 568. The molecule has 2 heterocycles. The fraction of sp³-hybridized carbons (Fsp3) is 0.667. The van der Waals surface area contributed by atoms with Crippen LogP contribution in [0.25, 0.3) is 0 Å². The molecule has 0 saturated carbocycles. The molecular formula is C18H28BNO4. The Morgan fingerprint density at radius 1 is 1.04 bits per heavy atom. The van der Waals surface area contributed by atoms with E-state index in [9.17, 15) is 0 Å². The van der Waals surface area contributed by atoms with Crippen molar-refractivity contribution in [3.05, 3.63) is 18.2 Å². The molecule has 0 spiro atoms. The van der Waals surface area contributed by atoms with Gasteiger partial charge >= 0.3 is 7.12 Å². The molecule has 1 aromatic carbocycles. The molecule has 0 aromatic heterocycles. The number of hydrogen-bond acceptors (Lipinski definition) is 5. The van der Waals surface area contributed by atoms with E-state index in [4.69, 9.17) is 18.8 Å². The second-order valence-electron chi connectivity index (χ2n) is 7.59. The number of anilines is 1. The van der Waals surface area contributed by atoms with Crippen molar-refractivity contribution < 1.29 is 18.8 Å². The van der Waals surface area contributed by atoms with Crippen LogP contribution in [-0.2, 0) is 14.0 Å². The highest BCUT2D eigenvalue weighted by Gasteiger charge is 2.51. The Morgan fingerprint density at radius 3 is 2.25 bits per heavy atom. The zero-order valence-electron chi connectivity index (χ0n) is 15.4. The fourth-order valence-corrected chi connectivity index (χ4v) is 3.09. The predicted octanol–water partition coefficient (Wildman–Crippen LogP) is 2.57. The molecule has 2 fully saturated rings. The van der Waals surface area contributed by atoms with Crippen LogP contribution in [0.2, 0.25) is 0 Å². The summed E-state index contributed by atoms with van der Waals surface area (Å²) in [6, 6.07) is 6.22. The summed E-state index contributed by atoms with van der Waals surface area (Å²) in [6.07, 6.45) is 2.46. The third-order valence-electron chi connectivity index (χ3n) is 5.25. The number of hydrogen-bond donors (Lipinski definition) is 0. The summed E-state index contributed by atoms with van der Waals surface area (Å²) in [6.45, 7) is 10.7. The van der Waals surface area contributed by atoms with Crippen LogP contribution in [0, 0.1) is 0 Å². The Balaban J connectivity index is 1.90. The maximum atomic E-state index is 6.20. The van der Waals surface area contributed by atoms with E-state index in [0.29, 0.717) is 0 Å². The van der Waals surface area contributed by atoms with Crippen molar-refractivity contribution in [2.75, 3.05) is 31.9 Å². The number of ether oxygens (including phenoxy) is 2. The molecule has 0 N–H and O–H groups in total. The topological polar surface area (TPSA) is 40.2 Å². The molecule has 2 saturated heterocycles. The van der Waals surface area contributed by atoms with E-state index in [1.807, 2.05) is 6.07 Å². The maximum Gasteiger partial charge on any atom is 0.495 e. The third kappa shape index (κ3) is 3.41. The average molecular weight is 333 g/mol. The predicted molar refractivity (Wildman–Crippen MR) is 96.1 cm³/mol. The molecule has 0 amide bonds. The lowest BCUT2D eigenvalue weighted by Gasteiger charge is -2.32. The molecule has 6 heteroatoms. The van der Waals surface area contributed by atoms with Gasteiger partial charge in [0.05, 0.1) is 11.2 Å². The fourth-order valence-electron chi connectivity index (χ4n) is 3.09. The van der Waals surface area contributed by atoms with Crippen LogP contribution in [0.3, 0.4) is 0 Å². The summed E-state index contributed by atoms with van der Waals surface area (Å²) in [5, 5.41) is 0. The van der Waals surface area contributed by atoms with Gasteiger partial charge in [-0.15, -0.1) is 0 Å². The van der Waals surface area contributed by atoms with Crippen molar-refractivity contribution in [2.45, 2.75) is 51.7 Å². The first-order valence-electron chi connectivity index (χ1n) is 8.70. The maximum absolute atomic E-state index is 6.20. The van der Waals surface area contributed by atoms with Crippen LogP contribution in [0.4, 0.5) is 5.69 Å². The molecule has 2 aliphatic rings. The lowest BCUT2D eigenvalue weighted by Crippen LogP contribution is -2.41. The highest BCUT2D eigenvalue weighted by molar-refractivity contribution is 6.62. The van der Waals surface area contributed by atoms with Gasteiger partial charge in [-0.2, -0.15) is 0 Å². The van der Waals surface area contributed by atoms with Crippen LogP contribution >= 0.6 is 0 Å². The first kappa shape index (κ1) is 17.6. The molecule has 0 unspecified atom stereocenters. The van der Waals surface area contributed by atoms with Gasteiger partial charge in [-0.05, 0) is 58.1 Å². The van der Waals surface area contributed by atoms with E-state index in [-0.39, 0.29) is 25.1 Å². The van der Waals surface area contributed by atoms with Gasteiger partial charge in [-0.1, -0.05) is 0 Å². The van der Waals surface area contributed by atoms with Gasteiger partial charge in [0.15, 0.2) is 6.79 Å². The highest BCUT2D eigenvalue weighted by Crippen LogP contribution is 2.37. The van der Waals surface area contributed by atoms with E-state index in [2.05, 4.69) is 44.7 Å². The summed E-state index contributed by atoms with van der Waals surface area (Å²) >= 11 is 0. The van der Waals surface area contributed by atoms with Crippen molar-refractivity contribution in [1.29, 1.82) is 0 Å². The Hall–Kier alpha value is -1.24. The summed E-state index contributed by atoms with van der Waals surface area (Å²) in [4.78, 5) is 2.38. The first-order valence-corrected chi connectivity index (χ1v) is 8.70. The molecule has 5 nitrogen and oxygen atoms in total. The smallest absolute Gasteiger partial charge is 0.468 e. The molecular weight excluding hydrogens is 305 g/mol. The monoisotopic (exact) mass is 333 g/mol. The van der Waals surface area contributed by atoms with E-state index in [1.54, 1.807) is 7.11 Å². The van der Waals surface area contributed by atoms with Crippen molar-refractivity contribution in [3.8, 4) is 5.75 Å². The van der Waals surface area contributed by atoms with Gasteiger partial charge in [0, 0.05) is 32.0 Å². The van der Waals surface area contributed by atoms with Crippen LogP contribution in [0.15, 0.2) is 18.2 Å². The summed E-state index contributed by atoms with van der Waals surface area (Å²) in [5.41, 5.74) is 1.44. The second kappa shape index (κ2) is 6.58. The summed E-state index contributed by atoms with van der Waals surface area (Å²) < 4.78 is 23.1. The van der Waals surface area contributed by atoms with Crippen molar-refractivity contribution in [3.63, 3.8) is 0 Å². The number of rotatable bonds is 5. The second-order valence-corrected chi connectivity index (χ2v) is 7.59. The first-order chi connectivity index (χ1) is 11.3. The summed E-state index contributed by atoms with van der Waals surface area (Å²) in [5.74, 6) is 0.783. The lowest BCUT2D eigenvalue weighted by atomic mass is 9.78. The van der Waals surface area contributed by atoms with Gasteiger partial charge < -0.3 is 23.7 Å². The third-order valence-corrected chi connectivity index (χ3v) is 5.25. The van der Waals surface area contributed by atoms with Gasteiger partial charge in [-0.3, -0.25) is 0 Å². The molecule has 24 heavy (non-hydrogen) atoms. The normalized spacial score (nSPS) is 22.2. The molecule has 2 aliphatic heterocycles. The van der Waals surface area contributed by atoms with Crippen LogP contribution in [-0.4, -0.2) is 45.3 Å². The van der Waals surface area contributed by atoms with Crippen LogP contribution < -0.4 is 15.1 Å². The summed E-state index contributed by atoms with van der Waals surface area (Å²) in [7, 11) is 1.24. The largest absolute Gasteiger partial charge is 0.495 e. The molecule has 0 aliphatic carbocycles. The Kier molecular flexibility index (Phi) is 4.82. The zero-order chi connectivity index (χ0) is 17.4. The van der Waals surface area contributed by atoms with Crippen molar-refractivity contribution in [1.82, 2.24) is 0 Å². The Morgan fingerprint density at radius 2 is 1.67 bits per heavy atom. The van der Waals surface area contributed by atoms with E-state index in [1.165, 1.54) is 12.8 Å². The number of nitrogens with zero attached hydrogens (tertiary/aromatic N) is 1. The quantitative estimate of drug-likeness (QED) is 0.612.